The van der Waals surface area contributed by atoms with Gasteiger partial charge in [0.05, 0.1) is 0 Å². The molecule has 1 unspecified atom stereocenters. The minimum absolute atomic E-state index is 0.361. The van der Waals surface area contributed by atoms with Gasteiger partial charge >= 0.3 is 0 Å². The van der Waals surface area contributed by atoms with Crippen molar-refractivity contribution < 1.29 is 9.84 Å². The smallest absolute Gasteiger partial charge is 0.122 e. The van der Waals surface area contributed by atoms with E-state index in [4.69, 9.17) is 9.84 Å². The van der Waals surface area contributed by atoms with Gasteiger partial charge in [0.25, 0.3) is 0 Å². The first-order chi connectivity index (χ1) is 11.7. The van der Waals surface area contributed by atoms with Crippen molar-refractivity contribution in [1.29, 1.82) is 0 Å². The van der Waals surface area contributed by atoms with E-state index in [9.17, 15) is 0 Å². The number of benzene rings is 1. The second-order valence-electron chi connectivity index (χ2n) is 4.93. The molecule has 3 heteroatoms. The van der Waals surface area contributed by atoms with E-state index in [1.165, 1.54) is 11.1 Å². The van der Waals surface area contributed by atoms with Crippen LogP contribution in [0.5, 0.6) is 5.75 Å². The number of hydrogen-bond acceptors (Lipinski definition) is 2. The molecule has 138 valence electrons. The quantitative estimate of drug-likeness (QED) is 0.475. The molecule has 0 amide bonds. The van der Waals surface area contributed by atoms with Gasteiger partial charge in [0.2, 0.25) is 0 Å². The normalized spacial score (nSPS) is 15.5. The molecule has 0 spiro atoms. The number of para-hydroxylation sites is 1. The number of hydrogen-bond donors (Lipinski definition) is 1. The maximum atomic E-state index is 7.00. The molecule has 0 radical (unpaired) electrons. The Bertz CT molecular complexity index is 453. The summed E-state index contributed by atoms with van der Waals surface area (Å²) in [4.78, 5) is 0. The lowest BCUT2D eigenvalue weighted by molar-refractivity contribution is 0.198. The molecule has 0 saturated carbocycles. The van der Waals surface area contributed by atoms with E-state index in [2.05, 4.69) is 54.1 Å². The zero-order chi connectivity index (χ0) is 18.8. The monoisotopic (exact) mass is 398 g/mol. The summed E-state index contributed by atoms with van der Waals surface area (Å²) in [6.45, 7) is 10.3. The number of fused-ring (bicyclic) bond motifs is 1. The Labute approximate surface area is 157 Å². The molecule has 1 aromatic rings. The van der Waals surface area contributed by atoms with E-state index in [1.807, 2.05) is 39.0 Å². The Morgan fingerprint density at radius 1 is 1.29 bits per heavy atom. The third-order valence-corrected chi connectivity index (χ3v) is 4.03. The summed E-state index contributed by atoms with van der Waals surface area (Å²) in [7, 11) is 1.00. The molecule has 2 rings (SSSR count). The van der Waals surface area contributed by atoms with Crippen LogP contribution in [0.15, 0.2) is 48.1 Å². The van der Waals surface area contributed by atoms with Gasteiger partial charge in [-0.1, -0.05) is 78.7 Å². The van der Waals surface area contributed by atoms with Gasteiger partial charge in [-0.2, -0.15) is 0 Å². The summed E-state index contributed by atoms with van der Waals surface area (Å²) < 4.78 is 5.73. The SMILES string of the molecule is BrCC1CCc2ccccc2O1.C/C=C\C=C(\C)CC.CC.CO. The lowest BCUT2D eigenvalue weighted by Crippen LogP contribution is -2.23. The third-order valence-electron chi connectivity index (χ3n) is 3.30. The molecule has 0 fully saturated rings. The van der Waals surface area contributed by atoms with Gasteiger partial charge in [0.1, 0.15) is 11.9 Å². The van der Waals surface area contributed by atoms with Crippen LogP contribution in [0.2, 0.25) is 0 Å². The summed E-state index contributed by atoms with van der Waals surface area (Å²) in [5, 5.41) is 7.93. The zero-order valence-electron chi connectivity index (χ0n) is 16.2. The summed E-state index contributed by atoms with van der Waals surface area (Å²) in [6, 6.07) is 8.27. The molecule has 1 aliphatic heterocycles. The lowest BCUT2D eigenvalue weighted by Gasteiger charge is -2.24. The van der Waals surface area contributed by atoms with Crippen molar-refractivity contribution in [3.05, 3.63) is 53.6 Å². The van der Waals surface area contributed by atoms with E-state index in [0.717, 1.165) is 37.5 Å². The van der Waals surface area contributed by atoms with Crippen LogP contribution in [-0.4, -0.2) is 23.7 Å². The molecule has 0 aromatic heterocycles. The molecular weight excluding hydrogens is 364 g/mol. The highest BCUT2D eigenvalue weighted by Crippen LogP contribution is 2.27. The van der Waals surface area contributed by atoms with Crippen LogP contribution < -0.4 is 4.74 Å². The Morgan fingerprint density at radius 2 is 1.92 bits per heavy atom. The summed E-state index contributed by atoms with van der Waals surface area (Å²) in [5.74, 6) is 1.06. The molecule has 1 aliphatic rings. The van der Waals surface area contributed by atoms with Crippen LogP contribution in [-0.2, 0) is 6.42 Å². The number of rotatable bonds is 3. The topological polar surface area (TPSA) is 29.5 Å². The third kappa shape index (κ3) is 11.5. The van der Waals surface area contributed by atoms with E-state index in [-0.39, 0.29) is 0 Å². The fourth-order valence-corrected chi connectivity index (χ4v) is 2.32. The van der Waals surface area contributed by atoms with E-state index >= 15 is 0 Å². The summed E-state index contributed by atoms with van der Waals surface area (Å²) in [5.41, 5.74) is 2.78. The van der Waals surface area contributed by atoms with Crippen molar-refractivity contribution in [2.24, 2.45) is 0 Å². The molecular formula is C21H35BrO2. The Morgan fingerprint density at radius 3 is 2.46 bits per heavy atom. The van der Waals surface area contributed by atoms with Crippen LogP contribution in [0.4, 0.5) is 0 Å². The Balaban J connectivity index is 0. The van der Waals surface area contributed by atoms with E-state index in [1.54, 1.807) is 0 Å². The fourth-order valence-electron chi connectivity index (χ4n) is 1.87. The highest BCUT2D eigenvalue weighted by atomic mass is 79.9. The first-order valence-corrected chi connectivity index (χ1v) is 9.87. The minimum atomic E-state index is 0.361. The molecule has 1 N–H and O–H groups in total. The molecule has 1 atom stereocenters. The van der Waals surface area contributed by atoms with Gasteiger partial charge < -0.3 is 9.84 Å². The van der Waals surface area contributed by atoms with Crippen molar-refractivity contribution in [2.45, 2.75) is 60.0 Å². The van der Waals surface area contributed by atoms with Gasteiger partial charge in [-0.15, -0.1) is 0 Å². The number of allylic oxidation sites excluding steroid dienone is 4. The van der Waals surface area contributed by atoms with Crippen molar-refractivity contribution in [3.8, 4) is 5.75 Å². The van der Waals surface area contributed by atoms with Gasteiger partial charge in [0, 0.05) is 12.4 Å². The van der Waals surface area contributed by atoms with Crippen LogP contribution in [0.1, 0.15) is 53.0 Å². The van der Waals surface area contributed by atoms with E-state index in [0.29, 0.717) is 6.10 Å². The van der Waals surface area contributed by atoms with Gasteiger partial charge in [0.15, 0.2) is 0 Å². The highest BCUT2D eigenvalue weighted by Gasteiger charge is 2.17. The molecule has 0 bridgehead atoms. The molecule has 2 nitrogen and oxygen atoms in total. The number of alkyl halides is 1. The number of halogens is 1. The molecule has 1 heterocycles. The van der Waals surface area contributed by atoms with Crippen LogP contribution in [0.25, 0.3) is 0 Å². The first-order valence-electron chi connectivity index (χ1n) is 8.75. The standard InChI is InChI=1S/C10H11BrO.C8H14.C2H6.CH4O/c11-7-9-6-5-8-3-1-2-4-10(8)12-9;1-4-6-7-8(3)5-2;2*1-2/h1-4,9H,5-7H2;4,6-7H,5H2,1-3H3;1-2H3;2H,1H3/b;6-4-,8-7-;;. The first kappa shape index (κ1) is 25.2. The van der Waals surface area contributed by atoms with Crippen LogP contribution in [0, 0.1) is 0 Å². The summed E-state index contributed by atoms with van der Waals surface area (Å²) in [6.07, 6.45) is 10.0. The van der Waals surface area contributed by atoms with E-state index < -0.39 is 0 Å². The van der Waals surface area contributed by atoms with Crippen LogP contribution in [0.3, 0.4) is 0 Å². The predicted octanol–water partition coefficient (Wildman–Crippen LogP) is 6.33. The number of aliphatic hydroxyl groups is 1. The maximum Gasteiger partial charge on any atom is 0.122 e. The largest absolute Gasteiger partial charge is 0.489 e. The summed E-state index contributed by atoms with van der Waals surface area (Å²) >= 11 is 3.44. The number of aryl methyl sites for hydroxylation is 1. The molecule has 0 saturated heterocycles. The average Bonchev–Trinajstić information content (AvgIpc) is 2.69. The predicted molar refractivity (Wildman–Crippen MR) is 111 cm³/mol. The van der Waals surface area contributed by atoms with Crippen molar-refractivity contribution in [3.63, 3.8) is 0 Å². The highest BCUT2D eigenvalue weighted by molar-refractivity contribution is 9.09. The molecule has 0 aliphatic carbocycles. The average molecular weight is 399 g/mol. The second-order valence-corrected chi connectivity index (χ2v) is 5.58. The van der Waals surface area contributed by atoms with Gasteiger partial charge in [-0.3, -0.25) is 0 Å². The van der Waals surface area contributed by atoms with Crippen LogP contribution >= 0.6 is 15.9 Å². The van der Waals surface area contributed by atoms with Gasteiger partial charge in [-0.05, 0) is 44.7 Å². The second kappa shape index (κ2) is 18.3. The van der Waals surface area contributed by atoms with Crippen molar-refractivity contribution in [1.82, 2.24) is 0 Å². The Hall–Kier alpha value is -1.06. The van der Waals surface area contributed by atoms with Gasteiger partial charge in [-0.25, -0.2) is 0 Å². The Kier molecular flexibility index (Phi) is 19.2. The van der Waals surface area contributed by atoms with Crippen molar-refractivity contribution >= 4 is 15.9 Å². The fraction of sp³-hybridized carbons (Fsp3) is 0.524. The number of aliphatic hydroxyl groups excluding tert-OH is 1. The number of ether oxygens (including phenoxy) is 1. The maximum absolute atomic E-state index is 7.00. The van der Waals surface area contributed by atoms with Crippen molar-refractivity contribution in [2.75, 3.05) is 12.4 Å². The minimum Gasteiger partial charge on any atom is -0.489 e. The molecule has 24 heavy (non-hydrogen) atoms. The molecule has 1 aromatic carbocycles. The lowest BCUT2D eigenvalue weighted by atomic mass is 10.0. The zero-order valence-corrected chi connectivity index (χ0v) is 17.8.